The van der Waals surface area contributed by atoms with E-state index < -0.39 is 0 Å². The van der Waals surface area contributed by atoms with Crippen LogP contribution in [0.3, 0.4) is 0 Å². The summed E-state index contributed by atoms with van der Waals surface area (Å²) in [6.07, 6.45) is 0.911. The molecule has 4 nitrogen and oxygen atoms in total. The minimum Gasteiger partial charge on any atom is -0.372 e. The van der Waals surface area contributed by atoms with Gasteiger partial charge in [-0.3, -0.25) is 4.90 Å². The van der Waals surface area contributed by atoms with Crippen LogP contribution in [0.15, 0.2) is 4.47 Å². The van der Waals surface area contributed by atoms with E-state index in [1.54, 1.807) is 0 Å². The Bertz CT molecular complexity index is 402. The van der Waals surface area contributed by atoms with Crippen LogP contribution in [0.25, 0.3) is 0 Å². The Kier molecular flexibility index (Phi) is 4.86. The lowest BCUT2D eigenvalue weighted by atomic mass is 10.2. The molecule has 0 amide bonds. The van der Waals surface area contributed by atoms with Gasteiger partial charge in [-0.25, -0.2) is 9.97 Å². The van der Waals surface area contributed by atoms with Crippen LogP contribution in [-0.2, 0) is 6.42 Å². The van der Waals surface area contributed by atoms with Gasteiger partial charge in [0, 0.05) is 25.1 Å². The van der Waals surface area contributed by atoms with Crippen LogP contribution in [0.1, 0.15) is 24.5 Å². The molecular formula is C12H19BrN4S. The zero-order valence-electron chi connectivity index (χ0n) is 11.0. The lowest BCUT2D eigenvalue weighted by Crippen LogP contribution is -2.34. The molecule has 2 heterocycles. The van der Waals surface area contributed by atoms with E-state index in [0.717, 1.165) is 40.5 Å². The highest BCUT2D eigenvalue weighted by Gasteiger charge is 2.25. The van der Waals surface area contributed by atoms with Crippen LogP contribution in [-0.4, -0.2) is 47.0 Å². The SMILES string of the molecule is CCc1nc(C2CSCCN2C)nc(NC)c1Br. The van der Waals surface area contributed by atoms with Gasteiger partial charge in [-0.1, -0.05) is 6.92 Å². The number of nitrogens with one attached hydrogen (secondary N) is 1. The monoisotopic (exact) mass is 330 g/mol. The first-order chi connectivity index (χ1) is 8.67. The molecule has 1 aromatic rings. The fourth-order valence-electron chi connectivity index (χ4n) is 2.02. The summed E-state index contributed by atoms with van der Waals surface area (Å²) in [7, 11) is 4.05. The van der Waals surface area contributed by atoms with Gasteiger partial charge in [0.25, 0.3) is 0 Å². The predicted octanol–water partition coefficient (Wildman–Crippen LogP) is 2.56. The zero-order valence-corrected chi connectivity index (χ0v) is 13.4. The first-order valence-corrected chi connectivity index (χ1v) is 8.14. The third-order valence-corrected chi connectivity index (χ3v) is 5.06. The first kappa shape index (κ1) is 14.1. The normalized spacial score (nSPS) is 21.0. The maximum atomic E-state index is 4.72. The van der Waals surface area contributed by atoms with Gasteiger partial charge in [-0.05, 0) is 29.4 Å². The molecule has 2 rings (SSSR count). The van der Waals surface area contributed by atoms with Crippen LogP contribution < -0.4 is 5.32 Å². The predicted molar refractivity (Wildman–Crippen MR) is 81.4 cm³/mol. The average molecular weight is 331 g/mol. The van der Waals surface area contributed by atoms with Crippen LogP contribution in [0.2, 0.25) is 0 Å². The van der Waals surface area contributed by atoms with Crippen molar-refractivity contribution >= 4 is 33.5 Å². The molecule has 1 aliphatic heterocycles. The number of thioether (sulfide) groups is 1. The van der Waals surface area contributed by atoms with E-state index in [0.29, 0.717) is 6.04 Å². The van der Waals surface area contributed by atoms with E-state index >= 15 is 0 Å². The highest BCUT2D eigenvalue weighted by Crippen LogP contribution is 2.30. The van der Waals surface area contributed by atoms with E-state index in [4.69, 9.17) is 4.98 Å². The second kappa shape index (κ2) is 6.21. The summed E-state index contributed by atoms with van der Waals surface area (Å²) in [5.74, 6) is 4.10. The van der Waals surface area contributed by atoms with Crippen molar-refractivity contribution in [1.82, 2.24) is 14.9 Å². The maximum Gasteiger partial charge on any atom is 0.149 e. The third-order valence-electron chi connectivity index (χ3n) is 3.20. The summed E-state index contributed by atoms with van der Waals surface area (Å²) in [6.45, 7) is 3.22. The van der Waals surface area contributed by atoms with Gasteiger partial charge in [0.05, 0.1) is 16.2 Å². The van der Waals surface area contributed by atoms with Gasteiger partial charge in [-0.15, -0.1) is 0 Å². The Morgan fingerprint density at radius 1 is 1.50 bits per heavy atom. The van der Waals surface area contributed by atoms with Crippen LogP contribution in [0, 0.1) is 0 Å². The smallest absolute Gasteiger partial charge is 0.149 e. The quantitative estimate of drug-likeness (QED) is 0.922. The van der Waals surface area contributed by atoms with Crippen molar-refractivity contribution in [3.8, 4) is 0 Å². The topological polar surface area (TPSA) is 41.1 Å². The largest absolute Gasteiger partial charge is 0.372 e. The molecule has 0 saturated carbocycles. The zero-order chi connectivity index (χ0) is 13.1. The fourth-order valence-corrected chi connectivity index (χ4v) is 3.89. The van der Waals surface area contributed by atoms with Crippen LogP contribution in [0.5, 0.6) is 0 Å². The van der Waals surface area contributed by atoms with E-state index in [9.17, 15) is 0 Å². The van der Waals surface area contributed by atoms with Gasteiger partial charge < -0.3 is 5.32 Å². The lowest BCUT2D eigenvalue weighted by Gasteiger charge is -2.31. The summed E-state index contributed by atoms with van der Waals surface area (Å²) in [4.78, 5) is 11.7. The van der Waals surface area contributed by atoms with E-state index in [1.807, 2.05) is 18.8 Å². The number of aryl methyl sites for hydroxylation is 1. The van der Waals surface area contributed by atoms with Crippen molar-refractivity contribution in [1.29, 1.82) is 0 Å². The number of hydrogen-bond acceptors (Lipinski definition) is 5. The molecule has 100 valence electrons. The van der Waals surface area contributed by atoms with E-state index in [2.05, 4.69) is 45.1 Å². The first-order valence-electron chi connectivity index (χ1n) is 6.19. The Morgan fingerprint density at radius 3 is 2.89 bits per heavy atom. The van der Waals surface area contributed by atoms with Crippen molar-refractivity contribution in [2.24, 2.45) is 0 Å². The van der Waals surface area contributed by atoms with Crippen molar-refractivity contribution in [3.05, 3.63) is 16.0 Å². The van der Waals surface area contributed by atoms with Crippen molar-refractivity contribution in [2.75, 3.05) is 37.5 Å². The Hall–Kier alpha value is -0.330. The molecule has 1 atom stereocenters. The molecule has 0 bridgehead atoms. The number of halogens is 1. The van der Waals surface area contributed by atoms with Crippen molar-refractivity contribution in [3.63, 3.8) is 0 Å². The fraction of sp³-hybridized carbons (Fsp3) is 0.667. The minimum atomic E-state index is 0.328. The molecular weight excluding hydrogens is 312 g/mol. The molecule has 0 spiro atoms. The molecule has 1 fully saturated rings. The second-order valence-electron chi connectivity index (χ2n) is 4.37. The summed E-state index contributed by atoms with van der Waals surface area (Å²) in [5, 5.41) is 3.14. The van der Waals surface area contributed by atoms with E-state index in [1.165, 1.54) is 5.75 Å². The summed E-state index contributed by atoms with van der Waals surface area (Å²) in [6, 6.07) is 0.328. The molecule has 0 aromatic carbocycles. The Morgan fingerprint density at radius 2 is 2.28 bits per heavy atom. The molecule has 0 aliphatic carbocycles. The Balaban J connectivity index is 2.37. The van der Waals surface area contributed by atoms with Gasteiger partial charge in [0.2, 0.25) is 0 Å². The molecule has 1 unspecified atom stereocenters. The average Bonchev–Trinajstić information content (AvgIpc) is 2.40. The molecule has 1 saturated heterocycles. The van der Waals surface area contributed by atoms with Crippen molar-refractivity contribution in [2.45, 2.75) is 19.4 Å². The molecule has 18 heavy (non-hydrogen) atoms. The number of rotatable bonds is 3. The number of hydrogen-bond donors (Lipinski definition) is 1. The minimum absolute atomic E-state index is 0.328. The molecule has 6 heteroatoms. The molecule has 1 N–H and O–H groups in total. The Labute approximate surface area is 121 Å². The van der Waals surface area contributed by atoms with Gasteiger partial charge in [0.15, 0.2) is 0 Å². The molecule has 1 aliphatic rings. The number of anilines is 1. The summed E-state index contributed by atoms with van der Waals surface area (Å²) in [5.41, 5.74) is 1.08. The highest BCUT2D eigenvalue weighted by molar-refractivity contribution is 9.10. The van der Waals surface area contributed by atoms with Gasteiger partial charge in [-0.2, -0.15) is 11.8 Å². The maximum absolute atomic E-state index is 4.72. The summed E-state index contributed by atoms with van der Waals surface area (Å²) < 4.78 is 0.988. The van der Waals surface area contributed by atoms with Crippen molar-refractivity contribution < 1.29 is 0 Å². The standard InChI is InChI=1S/C12H19BrN4S/c1-4-8-10(13)12(14-2)16-11(15-8)9-7-18-6-5-17(9)3/h9H,4-7H2,1-3H3,(H,14,15,16). The highest BCUT2D eigenvalue weighted by atomic mass is 79.9. The van der Waals surface area contributed by atoms with Crippen LogP contribution in [0.4, 0.5) is 5.82 Å². The van der Waals surface area contributed by atoms with Gasteiger partial charge >= 0.3 is 0 Å². The lowest BCUT2D eigenvalue weighted by molar-refractivity contribution is 0.264. The van der Waals surface area contributed by atoms with Gasteiger partial charge in [0.1, 0.15) is 11.6 Å². The number of nitrogens with zero attached hydrogens (tertiary/aromatic N) is 3. The molecule has 0 radical (unpaired) electrons. The molecule has 1 aromatic heterocycles. The third kappa shape index (κ3) is 2.81. The van der Waals surface area contributed by atoms with E-state index in [-0.39, 0.29) is 0 Å². The number of aromatic nitrogens is 2. The second-order valence-corrected chi connectivity index (χ2v) is 6.31. The van der Waals surface area contributed by atoms with Crippen LogP contribution >= 0.6 is 27.7 Å². The summed E-state index contributed by atoms with van der Waals surface area (Å²) >= 11 is 5.55.